The number of piperidine rings is 2. The number of nitro groups is 1. The van der Waals surface area contributed by atoms with Crippen LogP contribution in [0.2, 0.25) is 0 Å². The predicted molar refractivity (Wildman–Crippen MR) is 121 cm³/mol. The van der Waals surface area contributed by atoms with E-state index < -0.39 is 14.9 Å². The Bertz CT molecular complexity index is 906. The number of likely N-dealkylation sites (tertiary alicyclic amines) is 1. The van der Waals surface area contributed by atoms with Crippen LogP contribution in [0.15, 0.2) is 23.1 Å². The Labute approximate surface area is 185 Å². The molecule has 0 bridgehead atoms. The van der Waals surface area contributed by atoms with E-state index in [9.17, 15) is 18.5 Å². The zero-order chi connectivity index (χ0) is 22.2. The van der Waals surface area contributed by atoms with Crippen molar-refractivity contribution in [1.82, 2.24) is 9.21 Å². The Balaban J connectivity index is 1.60. The van der Waals surface area contributed by atoms with Crippen molar-refractivity contribution in [2.45, 2.75) is 81.8 Å². The van der Waals surface area contributed by atoms with E-state index in [4.69, 9.17) is 0 Å². The van der Waals surface area contributed by atoms with Gasteiger partial charge in [0.2, 0.25) is 10.0 Å². The van der Waals surface area contributed by atoms with E-state index in [2.05, 4.69) is 23.6 Å². The standard InChI is InChI=1S/C22H34N4O4S/c1-17-8-9-18(2)25(17)19-7-6-12-23(16-19)21-11-10-20(15-22(21)26(27)28)31(29,30)24-13-4-3-5-14-24/h10-11,15,17-19H,3-9,12-14,16H2,1-2H3/t17-,18+,19-/m0/s1. The van der Waals surface area contributed by atoms with Crippen molar-refractivity contribution >= 4 is 21.4 Å². The van der Waals surface area contributed by atoms with Crippen molar-refractivity contribution in [2.24, 2.45) is 0 Å². The van der Waals surface area contributed by atoms with Crippen LogP contribution in [-0.4, -0.2) is 66.9 Å². The normalized spacial score (nSPS) is 28.7. The van der Waals surface area contributed by atoms with Gasteiger partial charge in [-0.25, -0.2) is 8.42 Å². The van der Waals surface area contributed by atoms with Crippen LogP contribution in [0.5, 0.6) is 0 Å². The minimum atomic E-state index is -3.70. The minimum Gasteiger partial charge on any atom is -0.364 e. The van der Waals surface area contributed by atoms with Crippen molar-refractivity contribution in [1.29, 1.82) is 0 Å². The smallest absolute Gasteiger partial charge is 0.293 e. The van der Waals surface area contributed by atoms with Crippen LogP contribution in [0, 0.1) is 10.1 Å². The van der Waals surface area contributed by atoms with Crippen LogP contribution in [0.25, 0.3) is 0 Å². The fourth-order valence-corrected chi connectivity index (χ4v) is 7.22. The number of rotatable bonds is 5. The van der Waals surface area contributed by atoms with Crippen LogP contribution in [0.1, 0.15) is 58.8 Å². The van der Waals surface area contributed by atoms with Crippen molar-refractivity contribution in [3.63, 3.8) is 0 Å². The molecule has 31 heavy (non-hydrogen) atoms. The van der Waals surface area contributed by atoms with E-state index >= 15 is 0 Å². The molecule has 0 unspecified atom stereocenters. The average Bonchev–Trinajstić information content (AvgIpc) is 3.12. The molecule has 3 saturated heterocycles. The molecule has 0 aromatic heterocycles. The summed E-state index contributed by atoms with van der Waals surface area (Å²) in [5, 5.41) is 11.9. The minimum absolute atomic E-state index is 0.0280. The fraction of sp³-hybridized carbons (Fsp3) is 0.727. The maximum atomic E-state index is 13.0. The van der Waals surface area contributed by atoms with Crippen molar-refractivity contribution in [3.8, 4) is 0 Å². The van der Waals surface area contributed by atoms with Gasteiger partial charge in [0, 0.05) is 50.4 Å². The van der Waals surface area contributed by atoms with Crippen molar-refractivity contribution in [2.75, 3.05) is 31.1 Å². The topological polar surface area (TPSA) is 87.0 Å². The van der Waals surface area contributed by atoms with Gasteiger partial charge in [-0.2, -0.15) is 4.31 Å². The summed E-state index contributed by atoms with van der Waals surface area (Å²) >= 11 is 0. The van der Waals surface area contributed by atoms with Crippen LogP contribution in [0.4, 0.5) is 11.4 Å². The molecule has 3 atom stereocenters. The summed E-state index contributed by atoms with van der Waals surface area (Å²) in [6.45, 7) is 7.01. The summed E-state index contributed by atoms with van der Waals surface area (Å²) in [5.74, 6) is 0. The summed E-state index contributed by atoms with van der Waals surface area (Å²) in [7, 11) is -3.70. The van der Waals surface area contributed by atoms with E-state index in [1.54, 1.807) is 12.1 Å². The lowest BCUT2D eigenvalue weighted by Crippen LogP contribution is -2.51. The highest BCUT2D eigenvalue weighted by Gasteiger charge is 2.37. The second kappa shape index (κ2) is 9.03. The van der Waals surface area contributed by atoms with Gasteiger partial charge in [-0.05, 0) is 64.5 Å². The molecule has 9 heteroatoms. The molecular formula is C22H34N4O4S. The number of anilines is 1. The van der Waals surface area contributed by atoms with Gasteiger partial charge in [0.1, 0.15) is 5.69 Å². The molecule has 0 amide bonds. The monoisotopic (exact) mass is 450 g/mol. The lowest BCUT2D eigenvalue weighted by Gasteiger charge is -2.42. The maximum absolute atomic E-state index is 13.0. The summed E-state index contributed by atoms with van der Waals surface area (Å²) in [6.07, 6.45) is 7.16. The van der Waals surface area contributed by atoms with Crippen LogP contribution in [-0.2, 0) is 10.0 Å². The molecule has 0 spiro atoms. The Hall–Kier alpha value is -1.71. The van der Waals surface area contributed by atoms with Gasteiger partial charge in [-0.15, -0.1) is 0 Å². The third-order valence-corrected chi connectivity index (χ3v) is 9.17. The first-order chi connectivity index (χ1) is 14.8. The first kappa shape index (κ1) is 22.5. The van der Waals surface area contributed by atoms with Gasteiger partial charge >= 0.3 is 0 Å². The molecular weight excluding hydrogens is 416 g/mol. The van der Waals surface area contributed by atoms with Gasteiger partial charge in [-0.1, -0.05) is 6.42 Å². The molecule has 3 aliphatic rings. The number of hydrogen-bond donors (Lipinski definition) is 0. The number of nitrogens with zero attached hydrogens (tertiary/aromatic N) is 4. The Morgan fingerprint density at radius 3 is 2.29 bits per heavy atom. The molecule has 0 saturated carbocycles. The highest BCUT2D eigenvalue weighted by atomic mass is 32.2. The largest absolute Gasteiger partial charge is 0.364 e. The molecule has 3 heterocycles. The zero-order valence-corrected chi connectivity index (χ0v) is 19.4. The highest BCUT2D eigenvalue weighted by Crippen LogP contribution is 2.36. The Morgan fingerprint density at radius 1 is 0.968 bits per heavy atom. The number of benzene rings is 1. The van der Waals surface area contributed by atoms with Gasteiger partial charge < -0.3 is 4.90 Å². The van der Waals surface area contributed by atoms with Crippen molar-refractivity contribution < 1.29 is 13.3 Å². The van der Waals surface area contributed by atoms with E-state index in [1.165, 1.54) is 23.2 Å². The summed E-state index contributed by atoms with van der Waals surface area (Å²) in [4.78, 5) is 16.2. The average molecular weight is 451 g/mol. The van der Waals surface area contributed by atoms with E-state index in [-0.39, 0.29) is 10.6 Å². The van der Waals surface area contributed by atoms with Gasteiger partial charge in [-0.3, -0.25) is 15.0 Å². The fourth-order valence-electron chi connectivity index (χ4n) is 5.68. The number of nitro benzene ring substituents is 1. The SMILES string of the molecule is C[C@@H]1CC[C@H](C)N1[C@H]1CCCN(c2ccc(S(=O)(=O)N3CCCCC3)cc2[N+](=O)[O-])C1. The molecule has 3 fully saturated rings. The molecule has 0 radical (unpaired) electrons. The summed E-state index contributed by atoms with van der Waals surface area (Å²) < 4.78 is 27.5. The molecule has 8 nitrogen and oxygen atoms in total. The zero-order valence-electron chi connectivity index (χ0n) is 18.6. The van der Waals surface area contributed by atoms with E-state index in [0.29, 0.717) is 36.9 Å². The Kier molecular flexibility index (Phi) is 6.55. The first-order valence-corrected chi connectivity index (χ1v) is 13.0. The summed E-state index contributed by atoms with van der Waals surface area (Å²) in [6, 6.07) is 5.91. The Morgan fingerprint density at radius 2 is 1.65 bits per heavy atom. The van der Waals surface area contributed by atoms with Crippen LogP contribution in [0.3, 0.4) is 0 Å². The first-order valence-electron chi connectivity index (χ1n) is 11.6. The molecule has 1 aromatic carbocycles. The maximum Gasteiger partial charge on any atom is 0.293 e. The quantitative estimate of drug-likeness (QED) is 0.503. The molecule has 172 valence electrons. The van der Waals surface area contributed by atoms with Crippen LogP contribution >= 0.6 is 0 Å². The van der Waals surface area contributed by atoms with E-state index in [1.807, 2.05) is 0 Å². The molecule has 0 aliphatic carbocycles. The van der Waals surface area contributed by atoms with Gasteiger partial charge in [0.15, 0.2) is 0 Å². The summed E-state index contributed by atoms with van der Waals surface area (Å²) in [5.41, 5.74) is 0.424. The molecule has 1 aromatic rings. The third kappa shape index (κ3) is 4.45. The number of sulfonamides is 1. The van der Waals surface area contributed by atoms with Gasteiger partial charge in [0.05, 0.1) is 9.82 Å². The van der Waals surface area contributed by atoms with Crippen molar-refractivity contribution in [3.05, 3.63) is 28.3 Å². The lowest BCUT2D eigenvalue weighted by molar-refractivity contribution is -0.384. The second-order valence-corrected chi connectivity index (χ2v) is 11.3. The molecule has 3 aliphatic heterocycles. The molecule has 0 N–H and O–H groups in total. The lowest BCUT2D eigenvalue weighted by atomic mass is 10.0. The predicted octanol–water partition coefficient (Wildman–Crippen LogP) is 3.61. The third-order valence-electron chi connectivity index (χ3n) is 7.28. The number of hydrogen-bond acceptors (Lipinski definition) is 6. The van der Waals surface area contributed by atoms with E-state index in [0.717, 1.165) is 45.2 Å². The second-order valence-electron chi connectivity index (χ2n) is 9.34. The molecule has 4 rings (SSSR count). The highest BCUT2D eigenvalue weighted by molar-refractivity contribution is 7.89. The van der Waals surface area contributed by atoms with Gasteiger partial charge in [0.25, 0.3) is 5.69 Å². The van der Waals surface area contributed by atoms with Crippen LogP contribution < -0.4 is 4.90 Å².